The first kappa shape index (κ1) is 9.23. The van der Waals surface area contributed by atoms with Gasteiger partial charge in [0, 0.05) is 13.7 Å². The monoisotopic (exact) mass is 146 g/mol. The van der Waals surface area contributed by atoms with Crippen LogP contribution in [0.15, 0.2) is 0 Å². The van der Waals surface area contributed by atoms with Crippen molar-refractivity contribution in [3.05, 3.63) is 0 Å². The molecule has 1 unspecified atom stereocenters. The van der Waals surface area contributed by atoms with E-state index in [0.29, 0.717) is 6.54 Å². The highest BCUT2D eigenvalue weighted by Gasteiger charge is 1.98. The highest BCUT2D eigenvalue weighted by Crippen LogP contribution is 1.91. The summed E-state index contributed by atoms with van der Waals surface area (Å²) in [4.78, 5) is 10.1. The van der Waals surface area contributed by atoms with Gasteiger partial charge in [0.25, 0.3) is 0 Å². The summed E-state index contributed by atoms with van der Waals surface area (Å²) < 4.78 is 4.94. The van der Waals surface area contributed by atoms with Crippen molar-refractivity contribution in [3.8, 4) is 0 Å². The van der Waals surface area contributed by atoms with Crippen molar-refractivity contribution >= 4 is 6.03 Å². The van der Waals surface area contributed by atoms with Gasteiger partial charge in [-0.15, -0.1) is 0 Å². The number of hydrogen-bond donors (Lipinski definition) is 2. The third-order valence-electron chi connectivity index (χ3n) is 1.25. The molecule has 2 amide bonds. The lowest BCUT2D eigenvalue weighted by Crippen LogP contribution is -2.31. The first-order chi connectivity index (χ1) is 4.66. The molecule has 0 aromatic heterocycles. The number of ether oxygens (including phenoxy) is 1. The lowest BCUT2D eigenvalue weighted by Gasteiger charge is -2.07. The fourth-order valence-electron chi connectivity index (χ4n) is 0.516. The van der Waals surface area contributed by atoms with Crippen LogP contribution < -0.4 is 11.1 Å². The van der Waals surface area contributed by atoms with Crippen LogP contribution in [0.4, 0.5) is 4.79 Å². The normalized spacial score (nSPS) is 12.6. The topological polar surface area (TPSA) is 64.3 Å². The van der Waals surface area contributed by atoms with E-state index in [1.165, 1.54) is 0 Å². The molecule has 4 nitrogen and oxygen atoms in total. The Kier molecular flexibility index (Phi) is 4.66. The number of hydrogen-bond acceptors (Lipinski definition) is 2. The van der Waals surface area contributed by atoms with E-state index < -0.39 is 6.03 Å². The van der Waals surface area contributed by atoms with Crippen molar-refractivity contribution in [3.63, 3.8) is 0 Å². The number of primary amides is 1. The van der Waals surface area contributed by atoms with Crippen LogP contribution in [-0.4, -0.2) is 25.8 Å². The number of carbonyl (C=O) groups excluding carboxylic acids is 1. The molecule has 0 fully saturated rings. The van der Waals surface area contributed by atoms with Crippen LogP contribution in [0.25, 0.3) is 0 Å². The number of methoxy groups -OCH3 is 1. The Bertz CT molecular complexity index is 106. The number of carbonyl (C=O) groups is 1. The average Bonchev–Trinajstić information content (AvgIpc) is 1.87. The van der Waals surface area contributed by atoms with Crippen molar-refractivity contribution in [2.45, 2.75) is 19.4 Å². The number of nitrogens with one attached hydrogen (secondary N) is 1. The van der Waals surface area contributed by atoms with E-state index >= 15 is 0 Å². The maximum absolute atomic E-state index is 10.1. The Balaban J connectivity index is 3.11. The second-order valence-electron chi connectivity index (χ2n) is 2.13. The summed E-state index contributed by atoms with van der Waals surface area (Å²) in [6, 6.07) is -0.483. The van der Waals surface area contributed by atoms with Gasteiger partial charge in [0.2, 0.25) is 0 Å². The smallest absolute Gasteiger partial charge is 0.312 e. The molecule has 0 aromatic rings. The standard InChI is InChI=1S/C6H14N2O2/c1-5(10-2)3-4-8-6(7)9/h5H,3-4H2,1-2H3,(H3,7,8,9). The highest BCUT2D eigenvalue weighted by atomic mass is 16.5. The van der Waals surface area contributed by atoms with Crippen LogP contribution in [0.3, 0.4) is 0 Å². The summed E-state index contributed by atoms with van der Waals surface area (Å²) in [6.45, 7) is 2.51. The molecule has 60 valence electrons. The average molecular weight is 146 g/mol. The Morgan fingerprint density at radius 1 is 1.80 bits per heavy atom. The van der Waals surface area contributed by atoms with Gasteiger partial charge in [-0.25, -0.2) is 4.79 Å². The maximum atomic E-state index is 10.1. The molecule has 0 spiro atoms. The zero-order valence-electron chi connectivity index (χ0n) is 6.39. The summed E-state index contributed by atoms with van der Waals surface area (Å²) in [6.07, 6.45) is 0.964. The third-order valence-corrected chi connectivity index (χ3v) is 1.25. The van der Waals surface area contributed by atoms with Gasteiger partial charge in [-0.05, 0) is 13.3 Å². The van der Waals surface area contributed by atoms with Crippen molar-refractivity contribution in [1.29, 1.82) is 0 Å². The van der Waals surface area contributed by atoms with Gasteiger partial charge in [-0.1, -0.05) is 0 Å². The van der Waals surface area contributed by atoms with Gasteiger partial charge in [-0.3, -0.25) is 0 Å². The molecule has 0 aromatic carbocycles. The summed E-state index contributed by atoms with van der Waals surface area (Å²) in [5.41, 5.74) is 4.83. The quantitative estimate of drug-likeness (QED) is 0.590. The van der Waals surface area contributed by atoms with Gasteiger partial charge in [0.05, 0.1) is 6.10 Å². The van der Waals surface area contributed by atoms with E-state index in [1.807, 2.05) is 6.92 Å². The van der Waals surface area contributed by atoms with Crippen LogP contribution in [0.2, 0.25) is 0 Å². The molecule has 0 aliphatic heterocycles. The molecule has 1 atom stereocenters. The highest BCUT2D eigenvalue weighted by molar-refractivity contribution is 5.71. The molecule has 0 aliphatic carbocycles. The molecular formula is C6H14N2O2. The van der Waals surface area contributed by atoms with Crippen molar-refractivity contribution in [1.82, 2.24) is 5.32 Å². The van der Waals surface area contributed by atoms with Crippen molar-refractivity contribution in [2.75, 3.05) is 13.7 Å². The third kappa shape index (κ3) is 5.37. The molecule has 0 radical (unpaired) electrons. The Hall–Kier alpha value is -0.770. The van der Waals surface area contributed by atoms with Crippen LogP contribution in [-0.2, 0) is 4.74 Å². The zero-order chi connectivity index (χ0) is 7.98. The van der Waals surface area contributed by atoms with Crippen LogP contribution in [0, 0.1) is 0 Å². The van der Waals surface area contributed by atoms with Crippen molar-refractivity contribution in [2.24, 2.45) is 5.73 Å². The molecule has 0 saturated carbocycles. The lowest BCUT2D eigenvalue weighted by molar-refractivity contribution is 0.111. The summed E-state index contributed by atoms with van der Waals surface area (Å²) >= 11 is 0. The summed E-state index contributed by atoms with van der Waals surface area (Å²) in [5, 5.41) is 2.47. The van der Waals surface area contributed by atoms with Crippen molar-refractivity contribution < 1.29 is 9.53 Å². The van der Waals surface area contributed by atoms with Crippen LogP contribution in [0.1, 0.15) is 13.3 Å². The number of nitrogens with two attached hydrogens (primary N) is 1. The number of amides is 2. The van der Waals surface area contributed by atoms with Gasteiger partial charge in [-0.2, -0.15) is 0 Å². The van der Waals surface area contributed by atoms with E-state index in [9.17, 15) is 4.79 Å². The van der Waals surface area contributed by atoms with E-state index in [-0.39, 0.29) is 6.10 Å². The lowest BCUT2D eigenvalue weighted by atomic mass is 10.3. The van der Waals surface area contributed by atoms with E-state index in [2.05, 4.69) is 5.32 Å². The fraction of sp³-hybridized carbons (Fsp3) is 0.833. The molecule has 10 heavy (non-hydrogen) atoms. The first-order valence-corrected chi connectivity index (χ1v) is 3.23. The predicted molar refractivity (Wildman–Crippen MR) is 38.7 cm³/mol. The van der Waals surface area contributed by atoms with Gasteiger partial charge >= 0.3 is 6.03 Å². The Labute approximate surface area is 60.7 Å². The fourth-order valence-corrected chi connectivity index (χ4v) is 0.516. The second kappa shape index (κ2) is 5.05. The molecule has 0 heterocycles. The van der Waals surface area contributed by atoms with E-state index in [4.69, 9.17) is 10.5 Å². The van der Waals surface area contributed by atoms with Gasteiger partial charge in [0.1, 0.15) is 0 Å². The first-order valence-electron chi connectivity index (χ1n) is 3.23. The molecule has 4 heteroatoms. The summed E-state index contributed by atoms with van der Waals surface area (Å²) in [7, 11) is 1.63. The minimum absolute atomic E-state index is 0.173. The van der Waals surface area contributed by atoms with Crippen LogP contribution in [0.5, 0.6) is 0 Å². The van der Waals surface area contributed by atoms with Gasteiger partial charge < -0.3 is 15.8 Å². The zero-order valence-corrected chi connectivity index (χ0v) is 6.39. The maximum Gasteiger partial charge on any atom is 0.312 e. The minimum atomic E-state index is -0.483. The number of urea groups is 1. The predicted octanol–water partition coefficient (Wildman–Crippen LogP) is 0.0797. The number of rotatable bonds is 4. The molecule has 0 rings (SSSR count). The largest absolute Gasteiger partial charge is 0.382 e. The Morgan fingerprint density at radius 2 is 2.40 bits per heavy atom. The molecule has 3 N–H and O–H groups in total. The second-order valence-corrected chi connectivity index (χ2v) is 2.13. The molecule has 0 saturated heterocycles. The SMILES string of the molecule is COC(C)CCNC(N)=O. The molecule has 0 bridgehead atoms. The molecule has 0 aliphatic rings. The minimum Gasteiger partial charge on any atom is -0.382 e. The van der Waals surface area contributed by atoms with E-state index in [1.54, 1.807) is 7.11 Å². The van der Waals surface area contributed by atoms with Crippen LogP contribution >= 0.6 is 0 Å². The molecular weight excluding hydrogens is 132 g/mol. The van der Waals surface area contributed by atoms with E-state index in [0.717, 1.165) is 6.42 Å². The summed E-state index contributed by atoms with van der Waals surface area (Å²) in [5.74, 6) is 0. The Morgan fingerprint density at radius 3 is 2.80 bits per heavy atom. The van der Waals surface area contributed by atoms with Gasteiger partial charge in [0.15, 0.2) is 0 Å².